The van der Waals surface area contributed by atoms with Gasteiger partial charge in [-0.1, -0.05) is 35.9 Å². The van der Waals surface area contributed by atoms with E-state index in [0.29, 0.717) is 13.0 Å². The van der Waals surface area contributed by atoms with Gasteiger partial charge in [0.25, 0.3) is 5.91 Å². The standard InChI is InChI=1S/C17H17ClFNO2/c1-20(11-10-12-6-3-4-9-15(12)22-2)17(21)16-13(18)7-5-8-14(16)19/h3-9H,10-11H2,1-2H3. The van der Waals surface area contributed by atoms with Gasteiger partial charge in [0.2, 0.25) is 0 Å². The number of nitrogens with zero attached hydrogens (tertiary/aromatic N) is 1. The highest BCUT2D eigenvalue weighted by atomic mass is 35.5. The predicted octanol–water partition coefficient (Wildman–Crippen LogP) is 3.80. The zero-order valence-electron chi connectivity index (χ0n) is 12.5. The lowest BCUT2D eigenvalue weighted by Gasteiger charge is -2.19. The van der Waals surface area contributed by atoms with Crippen LogP contribution in [0.3, 0.4) is 0 Å². The fraction of sp³-hybridized carbons (Fsp3) is 0.235. The second kappa shape index (κ2) is 7.27. The Hall–Kier alpha value is -2.07. The van der Waals surface area contributed by atoms with Gasteiger partial charge in [0.15, 0.2) is 0 Å². The first-order valence-electron chi connectivity index (χ1n) is 6.86. The number of amides is 1. The molecule has 1 amide bonds. The van der Waals surface area contributed by atoms with Gasteiger partial charge in [-0.2, -0.15) is 0 Å². The summed E-state index contributed by atoms with van der Waals surface area (Å²) in [6.07, 6.45) is 0.609. The molecule has 0 bridgehead atoms. The Morgan fingerprint density at radius 3 is 2.64 bits per heavy atom. The van der Waals surface area contributed by atoms with Gasteiger partial charge in [-0.25, -0.2) is 4.39 Å². The maximum atomic E-state index is 13.8. The highest BCUT2D eigenvalue weighted by Crippen LogP contribution is 2.21. The van der Waals surface area contributed by atoms with Gasteiger partial charge >= 0.3 is 0 Å². The second-order valence-electron chi connectivity index (χ2n) is 4.89. The van der Waals surface area contributed by atoms with E-state index in [4.69, 9.17) is 16.3 Å². The molecule has 3 nitrogen and oxygen atoms in total. The molecular weight excluding hydrogens is 305 g/mol. The van der Waals surface area contributed by atoms with Crippen LogP contribution in [0, 0.1) is 5.82 Å². The maximum absolute atomic E-state index is 13.8. The highest BCUT2D eigenvalue weighted by molar-refractivity contribution is 6.33. The molecule has 0 aliphatic rings. The quantitative estimate of drug-likeness (QED) is 0.838. The lowest BCUT2D eigenvalue weighted by molar-refractivity contribution is 0.0792. The van der Waals surface area contributed by atoms with Crippen LogP contribution in [-0.4, -0.2) is 31.5 Å². The van der Waals surface area contributed by atoms with Gasteiger partial charge in [0.05, 0.1) is 17.7 Å². The lowest BCUT2D eigenvalue weighted by atomic mass is 10.1. The molecule has 0 heterocycles. The Morgan fingerprint density at radius 2 is 1.95 bits per heavy atom. The summed E-state index contributed by atoms with van der Waals surface area (Å²) in [6.45, 7) is 0.434. The lowest BCUT2D eigenvalue weighted by Crippen LogP contribution is -2.29. The number of hydrogen-bond donors (Lipinski definition) is 0. The first-order chi connectivity index (χ1) is 10.5. The number of carbonyl (C=O) groups excluding carboxylic acids is 1. The Balaban J connectivity index is 2.09. The van der Waals surface area contributed by atoms with Crippen LogP contribution < -0.4 is 4.74 Å². The van der Waals surface area contributed by atoms with Crippen molar-refractivity contribution < 1.29 is 13.9 Å². The van der Waals surface area contributed by atoms with Crippen LogP contribution in [-0.2, 0) is 6.42 Å². The molecule has 0 aromatic heterocycles. The smallest absolute Gasteiger partial charge is 0.258 e. The van der Waals surface area contributed by atoms with Crippen molar-refractivity contribution in [3.8, 4) is 5.75 Å². The minimum Gasteiger partial charge on any atom is -0.496 e. The maximum Gasteiger partial charge on any atom is 0.258 e. The van der Waals surface area contributed by atoms with Gasteiger partial charge in [0, 0.05) is 13.6 Å². The molecule has 0 fully saturated rings. The summed E-state index contributed by atoms with van der Waals surface area (Å²) in [5.41, 5.74) is 0.899. The van der Waals surface area contributed by atoms with Gasteiger partial charge in [0.1, 0.15) is 11.6 Å². The minimum atomic E-state index is -0.610. The largest absolute Gasteiger partial charge is 0.496 e. The molecule has 0 saturated carbocycles. The number of benzene rings is 2. The average Bonchev–Trinajstić information content (AvgIpc) is 2.52. The van der Waals surface area contributed by atoms with Crippen molar-refractivity contribution in [3.05, 3.63) is 64.4 Å². The van der Waals surface area contributed by atoms with E-state index in [1.54, 1.807) is 14.2 Å². The normalized spacial score (nSPS) is 10.4. The van der Waals surface area contributed by atoms with E-state index >= 15 is 0 Å². The Morgan fingerprint density at radius 1 is 1.23 bits per heavy atom. The zero-order valence-corrected chi connectivity index (χ0v) is 13.2. The van der Waals surface area contributed by atoms with E-state index in [1.165, 1.54) is 23.1 Å². The van der Waals surface area contributed by atoms with Crippen molar-refractivity contribution in [3.63, 3.8) is 0 Å². The molecule has 22 heavy (non-hydrogen) atoms. The van der Waals surface area contributed by atoms with Crippen molar-refractivity contribution in [2.24, 2.45) is 0 Å². The van der Waals surface area contributed by atoms with Gasteiger partial charge in [-0.3, -0.25) is 4.79 Å². The van der Waals surface area contributed by atoms with Crippen LogP contribution in [0.1, 0.15) is 15.9 Å². The molecular formula is C17H17ClFNO2. The molecule has 0 spiro atoms. The number of hydrogen-bond acceptors (Lipinski definition) is 2. The van der Waals surface area contributed by atoms with Crippen molar-refractivity contribution in [2.75, 3.05) is 20.7 Å². The third-order valence-electron chi connectivity index (χ3n) is 3.43. The summed E-state index contributed by atoms with van der Waals surface area (Å²) < 4.78 is 19.1. The summed E-state index contributed by atoms with van der Waals surface area (Å²) in [5.74, 6) is -0.271. The monoisotopic (exact) mass is 321 g/mol. The third-order valence-corrected chi connectivity index (χ3v) is 3.75. The Kier molecular flexibility index (Phi) is 5.39. The molecule has 0 aliphatic carbocycles. The van der Waals surface area contributed by atoms with Gasteiger partial charge < -0.3 is 9.64 Å². The number of para-hydroxylation sites is 1. The van der Waals surface area contributed by atoms with Crippen LogP contribution in [0.4, 0.5) is 4.39 Å². The van der Waals surface area contributed by atoms with Crippen molar-refractivity contribution in [2.45, 2.75) is 6.42 Å². The molecule has 0 atom stereocenters. The fourth-order valence-electron chi connectivity index (χ4n) is 2.19. The molecule has 0 aliphatic heterocycles. The van der Waals surface area contributed by atoms with Crippen LogP contribution in [0.2, 0.25) is 5.02 Å². The van der Waals surface area contributed by atoms with Gasteiger partial charge in [-0.05, 0) is 30.2 Å². The van der Waals surface area contributed by atoms with Crippen LogP contribution in [0.5, 0.6) is 5.75 Å². The second-order valence-corrected chi connectivity index (χ2v) is 5.29. The molecule has 2 aromatic rings. The summed E-state index contributed by atoms with van der Waals surface area (Å²) in [4.78, 5) is 13.8. The van der Waals surface area contributed by atoms with Crippen molar-refractivity contribution in [1.82, 2.24) is 4.90 Å². The fourth-order valence-corrected chi connectivity index (χ4v) is 2.44. The molecule has 5 heteroatoms. The van der Waals surface area contributed by atoms with Crippen molar-refractivity contribution in [1.29, 1.82) is 0 Å². The van der Waals surface area contributed by atoms with E-state index in [0.717, 1.165) is 11.3 Å². The summed E-state index contributed by atoms with van der Waals surface area (Å²) in [7, 11) is 3.23. The molecule has 0 saturated heterocycles. The Labute approximate surface area is 134 Å². The average molecular weight is 322 g/mol. The topological polar surface area (TPSA) is 29.5 Å². The number of halogens is 2. The van der Waals surface area contributed by atoms with E-state index in [1.807, 2.05) is 24.3 Å². The first kappa shape index (κ1) is 16.3. The molecule has 2 rings (SSSR count). The van der Waals surface area contributed by atoms with Gasteiger partial charge in [-0.15, -0.1) is 0 Å². The van der Waals surface area contributed by atoms with Crippen molar-refractivity contribution >= 4 is 17.5 Å². The van der Waals surface area contributed by atoms with E-state index in [2.05, 4.69) is 0 Å². The number of rotatable bonds is 5. The molecule has 0 unspecified atom stereocenters. The van der Waals surface area contributed by atoms with Crippen LogP contribution in [0.25, 0.3) is 0 Å². The molecule has 0 N–H and O–H groups in total. The first-order valence-corrected chi connectivity index (χ1v) is 7.23. The predicted molar refractivity (Wildman–Crippen MR) is 85.1 cm³/mol. The number of ether oxygens (including phenoxy) is 1. The number of carbonyl (C=O) groups is 1. The van der Waals surface area contributed by atoms with E-state index in [-0.39, 0.29) is 10.6 Å². The Bertz CT molecular complexity index is 655. The summed E-state index contributed by atoms with van der Waals surface area (Å²) in [5, 5.41) is 0.120. The highest BCUT2D eigenvalue weighted by Gasteiger charge is 2.19. The molecule has 0 radical (unpaired) electrons. The van der Waals surface area contributed by atoms with E-state index in [9.17, 15) is 9.18 Å². The number of likely N-dealkylation sites (N-methyl/N-ethyl adjacent to an activating group) is 1. The molecule has 2 aromatic carbocycles. The summed E-state index contributed by atoms with van der Waals surface area (Å²) >= 11 is 5.93. The number of methoxy groups -OCH3 is 1. The molecule has 116 valence electrons. The zero-order chi connectivity index (χ0) is 16.1. The van der Waals surface area contributed by atoms with Crippen LogP contribution in [0.15, 0.2) is 42.5 Å². The SMILES string of the molecule is COc1ccccc1CCN(C)C(=O)c1c(F)cccc1Cl. The third kappa shape index (κ3) is 3.57. The van der Waals surface area contributed by atoms with Crippen LogP contribution >= 0.6 is 11.6 Å². The minimum absolute atomic E-state index is 0.0910. The van der Waals surface area contributed by atoms with E-state index < -0.39 is 11.7 Å². The summed E-state index contributed by atoms with van der Waals surface area (Å²) in [6, 6.07) is 11.8.